The number of carbonyl (C=O) groups excluding carboxylic acids is 2. The van der Waals surface area contributed by atoms with Gasteiger partial charge >= 0.3 is 0 Å². The van der Waals surface area contributed by atoms with Crippen molar-refractivity contribution in [2.24, 2.45) is 10.2 Å². The fourth-order valence-corrected chi connectivity index (χ4v) is 2.23. The molecule has 21 heavy (non-hydrogen) atoms. The Morgan fingerprint density at radius 3 is 2.14 bits per heavy atom. The lowest BCUT2D eigenvalue weighted by Gasteiger charge is -2.03. The minimum absolute atomic E-state index is 0.0729. The van der Waals surface area contributed by atoms with Crippen molar-refractivity contribution in [3.05, 3.63) is 77.5 Å². The molecule has 0 N–H and O–H groups in total. The molecule has 102 valence electrons. The van der Waals surface area contributed by atoms with Gasteiger partial charge < -0.3 is 0 Å². The SMILES string of the molecule is O=C1N=NC(CC(=O)c2ccccc2)=C1c1ccccc1. The summed E-state index contributed by atoms with van der Waals surface area (Å²) < 4.78 is 0. The fourth-order valence-electron chi connectivity index (χ4n) is 2.23. The van der Waals surface area contributed by atoms with E-state index in [1.165, 1.54) is 0 Å². The van der Waals surface area contributed by atoms with Gasteiger partial charge in [-0.05, 0) is 5.56 Å². The highest BCUT2D eigenvalue weighted by Crippen LogP contribution is 2.29. The van der Waals surface area contributed by atoms with Gasteiger partial charge in [0.2, 0.25) is 0 Å². The van der Waals surface area contributed by atoms with Crippen LogP contribution in [0.4, 0.5) is 0 Å². The first-order chi connectivity index (χ1) is 10.3. The van der Waals surface area contributed by atoms with Crippen LogP contribution in [-0.2, 0) is 4.79 Å². The van der Waals surface area contributed by atoms with Gasteiger partial charge in [-0.1, -0.05) is 60.7 Å². The lowest BCUT2D eigenvalue weighted by molar-refractivity contribution is -0.112. The van der Waals surface area contributed by atoms with Crippen molar-refractivity contribution in [1.29, 1.82) is 0 Å². The molecule has 3 rings (SSSR count). The van der Waals surface area contributed by atoms with E-state index in [2.05, 4.69) is 10.2 Å². The van der Waals surface area contributed by atoms with Gasteiger partial charge in [0.1, 0.15) is 0 Å². The van der Waals surface area contributed by atoms with Crippen LogP contribution < -0.4 is 0 Å². The molecule has 0 atom stereocenters. The fraction of sp³-hybridized carbons (Fsp3) is 0.0588. The summed E-state index contributed by atoms with van der Waals surface area (Å²) in [6, 6.07) is 18.1. The number of rotatable bonds is 4. The number of hydrogen-bond donors (Lipinski definition) is 0. The molecule has 4 heteroatoms. The van der Waals surface area contributed by atoms with E-state index in [1.54, 1.807) is 24.3 Å². The highest BCUT2D eigenvalue weighted by atomic mass is 16.2. The van der Waals surface area contributed by atoms with E-state index < -0.39 is 5.91 Å². The molecule has 1 heterocycles. The number of ketones is 1. The van der Waals surface area contributed by atoms with Gasteiger partial charge in [0, 0.05) is 5.56 Å². The predicted molar refractivity (Wildman–Crippen MR) is 78.6 cm³/mol. The van der Waals surface area contributed by atoms with Gasteiger partial charge in [-0.25, -0.2) is 0 Å². The van der Waals surface area contributed by atoms with E-state index in [4.69, 9.17) is 0 Å². The molecule has 2 aromatic rings. The summed E-state index contributed by atoms with van der Waals surface area (Å²) in [7, 11) is 0. The quantitative estimate of drug-likeness (QED) is 0.800. The maximum Gasteiger partial charge on any atom is 0.297 e. The van der Waals surface area contributed by atoms with Crippen LogP contribution in [0.25, 0.3) is 5.57 Å². The number of carbonyl (C=O) groups is 2. The standard InChI is InChI=1S/C17H12N2O2/c20-15(12-7-3-1-4-8-12)11-14-16(17(21)19-18-14)13-9-5-2-6-10-13/h1-10H,11H2. The predicted octanol–water partition coefficient (Wildman–Crippen LogP) is 3.66. The number of hydrogen-bond acceptors (Lipinski definition) is 3. The van der Waals surface area contributed by atoms with Crippen LogP contribution in [-0.4, -0.2) is 11.7 Å². The second-order valence-corrected chi connectivity index (χ2v) is 4.66. The van der Waals surface area contributed by atoms with Gasteiger partial charge in [-0.3, -0.25) is 9.59 Å². The number of Topliss-reactive ketones (excluding diaryl/α,β-unsaturated/α-hetero) is 1. The third kappa shape index (κ3) is 2.69. The van der Waals surface area contributed by atoms with E-state index in [-0.39, 0.29) is 12.2 Å². The van der Waals surface area contributed by atoms with Crippen molar-refractivity contribution in [3.63, 3.8) is 0 Å². The summed E-state index contributed by atoms with van der Waals surface area (Å²) in [5, 5.41) is 7.46. The zero-order valence-electron chi connectivity index (χ0n) is 11.2. The van der Waals surface area contributed by atoms with Crippen molar-refractivity contribution in [2.75, 3.05) is 0 Å². The molecular weight excluding hydrogens is 264 g/mol. The van der Waals surface area contributed by atoms with Crippen LogP contribution in [0, 0.1) is 0 Å². The molecule has 0 fully saturated rings. The molecule has 2 aromatic carbocycles. The second kappa shape index (κ2) is 5.63. The summed E-state index contributed by atoms with van der Waals surface area (Å²) in [5.41, 5.74) is 2.19. The topological polar surface area (TPSA) is 58.9 Å². The Morgan fingerprint density at radius 2 is 1.48 bits per heavy atom. The third-order valence-corrected chi connectivity index (χ3v) is 3.25. The molecule has 0 aromatic heterocycles. The van der Waals surface area contributed by atoms with E-state index in [0.29, 0.717) is 16.8 Å². The largest absolute Gasteiger partial charge is 0.297 e. The molecule has 4 nitrogen and oxygen atoms in total. The Kier molecular flexibility index (Phi) is 3.51. The van der Waals surface area contributed by atoms with Crippen molar-refractivity contribution in [3.8, 4) is 0 Å². The van der Waals surface area contributed by atoms with Crippen molar-refractivity contribution in [1.82, 2.24) is 0 Å². The minimum atomic E-state index is -0.392. The van der Waals surface area contributed by atoms with E-state index in [0.717, 1.165) is 5.56 Å². The third-order valence-electron chi connectivity index (χ3n) is 3.25. The average molecular weight is 276 g/mol. The number of azo groups is 1. The summed E-state index contributed by atoms with van der Waals surface area (Å²) in [4.78, 5) is 24.1. The smallest absolute Gasteiger partial charge is 0.294 e. The highest BCUT2D eigenvalue weighted by Gasteiger charge is 2.24. The molecule has 0 spiro atoms. The monoisotopic (exact) mass is 276 g/mol. The first kappa shape index (κ1) is 13.1. The molecule has 0 saturated carbocycles. The second-order valence-electron chi connectivity index (χ2n) is 4.66. The van der Waals surface area contributed by atoms with Crippen molar-refractivity contribution < 1.29 is 9.59 Å². The van der Waals surface area contributed by atoms with Crippen molar-refractivity contribution >= 4 is 17.3 Å². The Labute approximate surface area is 121 Å². The molecule has 0 unspecified atom stereocenters. The summed E-state index contributed by atoms with van der Waals surface area (Å²) in [5.74, 6) is -0.468. The van der Waals surface area contributed by atoms with Crippen molar-refractivity contribution in [2.45, 2.75) is 6.42 Å². The molecule has 1 aliphatic heterocycles. The maximum absolute atomic E-state index is 12.2. The Morgan fingerprint density at radius 1 is 0.857 bits per heavy atom. The maximum atomic E-state index is 12.2. The molecular formula is C17H12N2O2. The number of allylic oxidation sites excluding steroid dienone is 1. The van der Waals surface area contributed by atoms with Crippen LogP contribution >= 0.6 is 0 Å². The molecule has 1 amide bonds. The summed E-state index contributed by atoms with van der Waals surface area (Å²) in [6.07, 6.45) is 0.0729. The van der Waals surface area contributed by atoms with Gasteiger partial charge in [-0.2, -0.15) is 5.11 Å². The minimum Gasteiger partial charge on any atom is -0.294 e. The normalized spacial score (nSPS) is 13.8. The highest BCUT2D eigenvalue weighted by molar-refractivity contribution is 6.22. The van der Waals surface area contributed by atoms with Crippen LogP contribution in [0.2, 0.25) is 0 Å². The lowest BCUT2D eigenvalue weighted by Crippen LogP contribution is -2.02. The summed E-state index contributed by atoms with van der Waals surface area (Å²) >= 11 is 0. The number of nitrogens with zero attached hydrogens (tertiary/aromatic N) is 2. The zero-order valence-corrected chi connectivity index (χ0v) is 11.2. The van der Waals surface area contributed by atoms with E-state index in [1.807, 2.05) is 36.4 Å². The van der Waals surface area contributed by atoms with Crippen LogP contribution in [0.15, 0.2) is 76.6 Å². The van der Waals surface area contributed by atoms with Gasteiger partial charge in [0.15, 0.2) is 5.78 Å². The van der Waals surface area contributed by atoms with Gasteiger partial charge in [0.25, 0.3) is 5.91 Å². The lowest BCUT2D eigenvalue weighted by atomic mass is 9.99. The molecule has 0 aliphatic carbocycles. The van der Waals surface area contributed by atoms with Gasteiger partial charge in [-0.15, -0.1) is 5.11 Å². The molecule has 1 aliphatic rings. The van der Waals surface area contributed by atoms with Crippen LogP contribution in [0.5, 0.6) is 0 Å². The molecule has 0 saturated heterocycles. The summed E-state index contributed by atoms with van der Waals surface area (Å²) in [6.45, 7) is 0. The Bertz CT molecular complexity index is 747. The Balaban J connectivity index is 1.92. The molecule has 0 bridgehead atoms. The molecule has 0 radical (unpaired) electrons. The zero-order chi connectivity index (χ0) is 14.7. The number of amides is 1. The van der Waals surface area contributed by atoms with E-state index >= 15 is 0 Å². The average Bonchev–Trinajstić information content (AvgIpc) is 2.89. The Hall–Kier alpha value is -2.88. The van der Waals surface area contributed by atoms with E-state index in [9.17, 15) is 9.59 Å². The van der Waals surface area contributed by atoms with Gasteiger partial charge in [0.05, 0.1) is 17.7 Å². The van der Waals surface area contributed by atoms with Crippen LogP contribution in [0.1, 0.15) is 22.3 Å². The van der Waals surface area contributed by atoms with Crippen LogP contribution in [0.3, 0.4) is 0 Å². The number of benzene rings is 2. The first-order valence-corrected chi connectivity index (χ1v) is 6.58. The first-order valence-electron chi connectivity index (χ1n) is 6.58.